The standard InChI is InChI=1S/C29H42N3O12.3C4H9.Sn/c1-28(2)41-22-16(33)20(39-26(22)43-28)18(35)24(37)30-10-12-32(14-15-8-6-5-7-9-15)13-11-31-25(38)19(36)21-17(34)23-27(40-21)44-29(3,4)42-23;3*1-3-4-2;/h6-9,16-23,26-27,33-36H,10-14H2,1-4H3,(H,30,37)(H,31,38);3*1,3-4H2,2H3;/t16-,17-,18-,19-,20-,21-,22+,23+,26+,27+;;;;/m0..../s1. The molecule has 0 bridgehead atoms. The van der Waals surface area contributed by atoms with Crippen molar-refractivity contribution in [2.24, 2.45) is 0 Å². The van der Waals surface area contributed by atoms with Crippen molar-refractivity contribution in [1.29, 1.82) is 0 Å². The minimum atomic E-state index is -2.63. The Kier molecular flexibility index (Phi) is 16.7. The number of ether oxygens (including phenoxy) is 6. The molecule has 4 aliphatic heterocycles. The Balaban J connectivity index is 1.21. The molecular formula is C41H69N3O12Sn. The maximum atomic E-state index is 13.1. The summed E-state index contributed by atoms with van der Waals surface area (Å²) in [4.78, 5) is 28.2. The number of carbonyl (C=O) groups is 2. The van der Waals surface area contributed by atoms with Gasteiger partial charge >= 0.3 is 229 Å². The van der Waals surface area contributed by atoms with E-state index in [1.54, 1.807) is 31.3 Å². The van der Waals surface area contributed by atoms with Gasteiger partial charge in [0.1, 0.15) is 24.4 Å². The summed E-state index contributed by atoms with van der Waals surface area (Å²) in [5.41, 5.74) is 1.09. The van der Waals surface area contributed by atoms with E-state index in [0.717, 1.165) is 5.56 Å². The first kappa shape index (κ1) is 46.6. The van der Waals surface area contributed by atoms with Crippen molar-refractivity contribution in [2.75, 3.05) is 26.2 Å². The summed E-state index contributed by atoms with van der Waals surface area (Å²) in [6, 6.07) is 9.14. The normalized spacial score (nSPS) is 30.0. The minimum absolute atomic E-state index is 0.159. The van der Waals surface area contributed by atoms with E-state index >= 15 is 0 Å². The summed E-state index contributed by atoms with van der Waals surface area (Å²) in [6.45, 7) is 15.2. The zero-order valence-corrected chi connectivity index (χ0v) is 37.8. The van der Waals surface area contributed by atoms with Crippen molar-refractivity contribution in [3.8, 4) is 0 Å². The molecule has 6 N–H and O–H groups in total. The predicted molar refractivity (Wildman–Crippen MR) is 214 cm³/mol. The van der Waals surface area contributed by atoms with Crippen LogP contribution in [0.25, 0.3) is 0 Å². The summed E-state index contributed by atoms with van der Waals surface area (Å²) in [5, 5.41) is 48.7. The van der Waals surface area contributed by atoms with Crippen LogP contribution in [0.5, 0.6) is 0 Å². The molecule has 4 saturated heterocycles. The summed E-state index contributed by atoms with van der Waals surface area (Å²) >= 11 is -2.63. The number of aliphatic hydroxyl groups excluding tert-OH is 4. The number of unbranched alkanes of at least 4 members (excludes halogenated alkanes) is 3. The van der Waals surface area contributed by atoms with Gasteiger partial charge in [-0.15, -0.1) is 0 Å². The molecule has 16 heteroatoms. The van der Waals surface area contributed by atoms with Crippen LogP contribution in [-0.4, -0.2) is 155 Å². The second-order valence-corrected chi connectivity index (χ2v) is 30.4. The van der Waals surface area contributed by atoms with Crippen LogP contribution in [-0.2, 0) is 44.6 Å². The molecule has 4 fully saturated rings. The number of benzene rings is 1. The fraction of sp³-hybridized carbons (Fsp3) is 0.805. The van der Waals surface area contributed by atoms with Gasteiger partial charge < -0.3 is 38.6 Å². The molecule has 15 nitrogen and oxygen atoms in total. The van der Waals surface area contributed by atoms with Gasteiger partial charge in [-0.3, -0.25) is 0 Å². The molecule has 57 heavy (non-hydrogen) atoms. The second-order valence-electron chi connectivity index (χ2n) is 17.2. The van der Waals surface area contributed by atoms with Crippen LogP contribution in [0.2, 0.25) is 13.3 Å². The number of hydrogen-bond acceptors (Lipinski definition) is 13. The molecule has 0 radical (unpaired) electrons. The zero-order valence-electron chi connectivity index (χ0n) is 35.0. The van der Waals surface area contributed by atoms with Gasteiger partial charge in [0.25, 0.3) is 0 Å². The van der Waals surface area contributed by atoms with E-state index in [4.69, 9.17) is 28.4 Å². The molecule has 1 aromatic carbocycles. The van der Waals surface area contributed by atoms with Crippen LogP contribution < -0.4 is 14.2 Å². The molecule has 0 aliphatic carbocycles. The van der Waals surface area contributed by atoms with E-state index in [-0.39, 0.29) is 13.1 Å². The molecule has 5 rings (SSSR count). The molecule has 0 saturated carbocycles. The van der Waals surface area contributed by atoms with Gasteiger partial charge in [-0.25, -0.2) is 0 Å². The van der Waals surface area contributed by atoms with Gasteiger partial charge in [-0.1, -0.05) is 0 Å². The van der Waals surface area contributed by atoms with Crippen molar-refractivity contribution < 1.29 is 58.4 Å². The zero-order chi connectivity index (χ0) is 41.5. The third-order valence-electron chi connectivity index (χ3n) is 11.7. The number of hydrogen-bond donors (Lipinski definition) is 6. The molecule has 10 atom stereocenters. The molecule has 0 aromatic heterocycles. The Hall–Kier alpha value is -1.48. The van der Waals surface area contributed by atoms with Crippen LogP contribution >= 0.6 is 0 Å². The van der Waals surface area contributed by atoms with Crippen molar-refractivity contribution in [2.45, 2.75) is 180 Å². The Labute approximate surface area is 342 Å². The number of nitrogens with one attached hydrogen (secondary N) is 2. The van der Waals surface area contributed by atoms with Crippen LogP contribution in [0.1, 0.15) is 92.6 Å². The Morgan fingerprint density at radius 3 is 1.47 bits per heavy atom. The third kappa shape index (κ3) is 11.7. The van der Waals surface area contributed by atoms with E-state index in [1.165, 1.54) is 51.8 Å². The summed E-state index contributed by atoms with van der Waals surface area (Å²) in [7, 11) is 0. The fourth-order valence-electron chi connectivity index (χ4n) is 8.58. The van der Waals surface area contributed by atoms with Crippen molar-refractivity contribution >= 4 is 33.8 Å². The summed E-state index contributed by atoms with van der Waals surface area (Å²) in [6.07, 6.45) is -4.24. The van der Waals surface area contributed by atoms with Crippen molar-refractivity contribution in [3.05, 3.63) is 29.8 Å². The monoisotopic (exact) mass is 915 g/mol. The molecule has 324 valence electrons. The Morgan fingerprint density at radius 2 is 1.11 bits per heavy atom. The first-order valence-electron chi connectivity index (χ1n) is 21.1. The Morgan fingerprint density at radius 1 is 0.702 bits per heavy atom. The number of fused-ring (bicyclic) bond motifs is 2. The number of rotatable bonds is 22. The van der Waals surface area contributed by atoms with Gasteiger partial charge in [0, 0.05) is 0 Å². The fourth-order valence-corrected chi connectivity index (χ4v) is 24.5. The molecule has 4 aliphatic rings. The van der Waals surface area contributed by atoms with Crippen molar-refractivity contribution in [3.63, 3.8) is 0 Å². The quantitative estimate of drug-likeness (QED) is 0.0926. The van der Waals surface area contributed by atoms with Crippen LogP contribution in [0.3, 0.4) is 0 Å². The molecule has 1 aromatic rings. The number of carbonyl (C=O) groups excluding carboxylic acids is 2. The number of amides is 2. The van der Waals surface area contributed by atoms with E-state index in [9.17, 15) is 30.0 Å². The second kappa shape index (κ2) is 20.4. The first-order valence-corrected chi connectivity index (χ1v) is 28.6. The molecule has 0 unspecified atom stereocenters. The van der Waals surface area contributed by atoms with Gasteiger partial charge in [0.15, 0.2) is 24.2 Å². The predicted octanol–water partition coefficient (Wildman–Crippen LogP) is 1.97. The molecular weight excluding hydrogens is 845 g/mol. The molecule has 0 spiro atoms. The van der Waals surface area contributed by atoms with E-state index < -0.39 is 103 Å². The molecule has 4 heterocycles. The van der Waals surface area contributed by atoms with Gasteiger partial charge in [-0.2, -0.15) is 0 Å². The number of aliphatic hydroxyl groups is 4. The summed E-state index contributed by atoms with van der Waals surface area (Å²) < 4.78 is 39.8. The Bertz CT molecular complexity index is 1360. The van der Waals surface area contributed by atoms with Gasteiger partial charge in [0.05, 0.1) is 0 Å². The van der Waals surface area contributed by atoms with E-state index in [0.29, 0.717) is 19.6 Å². The average Bonchev–Trinajstić information content (AvgIpc) is 3.85. The average molecular weight is 915 g/mol. The molecule has 2 amide bonds. The van der Waals surface area contributed by atoms with Gasteiger partial charge in [-0.05, 0) is 27.7 Å². The SMILES string of the molecule is CCC[CH2][Sn]([CH2]CCC)([CH2]CCC)[c]1ccc(CN(CCNC(=O)[C@@H](O)[C@H]2O[C@@H]3OC(C)(C)O[C@@H]3[C@H]2O)CCNC(=O)[C@@H](O)[C@H]2O[C@@H]3OC(C)(C)O[C@@H]3[C@H]2O)cc1. The maximum absolute atomic E-state index is 13.1. The van der Waals surface area contributed by atoms with Crippen LogP contribution in [0.4, 0.5) is 0 Å². The summed E-state index contributed by atoms with van der Waals surface area (Å²) in [5.74, 6) is -3.31. The van der Waals surface area contributed by atoms with Crippen LogP contribution in [0, 0.1) is 0 Å². The topological polar surface area (TPSA) is 198 Å². The third-order valence-corrected chi connectivity index (χ3v) is 27.4. The van der Waals surface area contributed by atoms with Crippen molar-refractivity contribution in [1.82, 2.24) is 15.5 Å². The first-order chi connectivity index (χ1) is 27.0. The van der Waals surface area contributed by atoms with Crippen LogP contribution in [0.15, 0.2) is 24.3 Å². The van der Waals surface area contributed by atoms with E-state index in [2.05, 4.69) is 60.6 Å². The van der Waals surface area contributed by atoms with Gasteiger partial charge in [0.2, 0.25) is 0 Å². The number of nitrogens with zero attached hydrogens (tertiary/aromatic N) is 1. The van der Waals surface area contributed by atoms with E-state index in [1.807, 2.05) is 0 Å².